The Bertz CT molecular complexity index is 1120. The molecule has 0 saturated carbocycles. The standard InChI is InChI=1S/C21H18BrFN2O3S/c1-15(26)24-19-9-11-21(12-10-19)29(27,28)25(20-4-2-3-17(22)13-20)14-16-5-7-18(23)8-6-16/h2-13H,14H2,1H3,(H,24,26). The van der Waals surface area contributed by atoms with E-state index >= 15 is 0 Å². The highest BCUT2D eigenvalue weighted by Crippen LogP contribution is 2.29. The highest BCUT2D eigenvalue weighted by molar-refractivity contribution is 9.10. The van der Waals surface area contributed by atoms with Gasteiger partial charge in [0.2, 0.25) is 5.91 Å². The fourth-order valence-corrected chi connectivity index (χ4v) is 4.57. The van der Waals surface area contributed by atoms with E-state index in [1.54, 1.807) is 36.4 Å². The molecule has 29 heavy (non-hydrogen) atoms. The topological polar surface area (TPSA) is 66.5 Å². The van der Waals surface area contributed by atoms with Gasteiger partial charge in [0, 0.05) is 17.1 Å². The summed E-state index contributed by atoms with van der Waals surface area (Å²) in [6, 6.07) is 18.6. The lowest BCUT2D eigenvalue weighted by molar-refractivity contribution is -0.114. The largest absolute Gasteiger partial charge is 0.326 e. The maximum Gasteiger partial charge on any atom is 0.264 e. The molecule has 3 aromatic rings. The van der Waals surface area contributed by atoms with Crippen LogP contribution in [-0.4, -0.2) is 14.3 Å². The van der Waals surface area contributed by atoms with E-state index < -0.39 is 10.0 Å². The van der Waals surface area contributed by atoms with E-state index in [0.717, 1.165) is 4.47 Å². The summed E-state index contributed by atoms with van der Waals surface area (Å²) in [6.07, 6.45) is 0. The summed E-state index contributed by atoms with van der Waals surface area (Å²) in [5.74, 6) is -0.633. The summed E-state index contributed by atoms with van der Waals surface area (Å²) in [5, 5.41) is 2.61. The zero-order valence-electron chi connectivity index (χ0n) is 15.5. The highest BCUT2D eigenvalue weighted by atomic mass is 79.9. The molecular formula is C21H18BrFN2O3S. The molecule has 0 saturated heterocycles. The van der Waals surface area contributed by atoms with Crippen molar-refractivity contribution < 1.29 is 17.6 Å². The molecule has 0 atom stereocenters. The molecule has 8 heteroatoms. The molecule has 0 fully saturated rings. The first-order chi connectivity index (χ1) is 13.8. The van der Waals surface area contributed by atoms with Crippen LogP contribution in [0.1, 0.15) is 12.5 Å². The summed E-state index contributed by atoms with van der Waals surface area (Å²) < 4.78 is 42.0. The minimum atomic E-state index is -3.92. The molecule has 0 bridgehead atoms. The SMILES string of the molecule is CC(=O)Nc1ccc(S(=O)(=O)N(Cc2ccc(F)cc2)c2cccc(Br)c2)cc1. The Morgan fingerprint density at radius 2 is 1.69 bits per heavy atom. The molecule has 0 aliphatic heterocycles. The van der Waals surface area contributed by atoms with Crippen LogP contribution in [0, 0.1) is 5.82 Å². The summed E-state index contributed by atoms with van der Waals surface area (Å²) in [5.41, 5.74) is 1.61. The third-order valence-corrected chi connectivity index (χ3v) is 6.38. The fourth-order valence-electron chi connectivity index (χ4n) is 2.74. The molecule has 0 radical (unpaired) electrons. The number of amides is 1. The van der Waals surface area contributed by atoms with Gasteiger partial charge in [0.25, 0.3) is 10.0 Å². The van der Waals surface area contributed by atoms with Gasteiger partial charge in [0.15, 0.2) is 0 Å². The second-order valence-electron chi connectivity index (χ2n) is 6.32. The predicted molar refractivity (Wildman–Crippen MR) is 115 cm³/mol. The van der Waals surface area contributed by atoms with Gasteiger partial charge in [0.1, 0.15) is 5.82 Å². The Balaban J connectivity index is 2.01. The molecule has 0 spiro atoms. The number of halogens is 2. The smallest absolute Gasteiger partial charge is 0.264 e. The van der Waals surface area contributed by atoms with E-state index in [1.165, 1.54) is 47.6 Å². The van der Waals surface area contributed by atoms with E-state index in [2.05, 4.69) is 21.2 Å². The molecule has 0 aliphatic carbocycles. The molecule has 0 heterocycles. The van der Waals surface area contributed by atoms with Gasteiger partial charge in [-0.05, 0) is 60.2 Å². The minimum Gasteiger partial charge on any atom is -0.326 e. The van der Waals surface area contributed by atoms with Crippen LogP contribution < -0.4 is 9.62 Å². The highest BCUT2D eigenvalue weighted by Gasteiger charge is 2.25. The Hall–Kier alpha value is -2.71. The van der Waals surface area contributed by atoms with Gasteiger partial charge < -0.3 is 5.32 Å². The quantitative estimate of drug-likeness (QED) is 0.547. The second kappa shape index (κ2) is 8.75. The van der Waals surface area contributed by atoms with Gasteiger partial charge in [-0.15, -0.1) is 0 Å². The summed E-state index contributed by atoms with van der Waals surface area (Å²) >= 11 is 3.37. The van der Waals surface area contributed by atoms with Crippen LogP contribution in [0.3, 0.4) is 0 Å². The average molecular weight is 477 g/mol. The third kappa shape index (κ3) is 5.21. The van der Waals surface area contributed by atoms with Crippen molar-refractivity contribution in [1.29, 1.82) is 0 Å². The Morgan fingerprint density at radius 1 is 1.03 bits per heavy atom. The molecule has 3 aromatic carbocycles. The zero-order chi connectivity index (χ0) is 21.0. The van der Waals surface area contributed by atoms with E-state index in [0.29, 0.717) is 16.9 Å². The van der Waals surface area contributed by atoms with E-state index in [-0.39, 0.29) is 23.2 Å². The van der Waals surface area contributed by atoms with Crippen LogP contribution >= 0.6 is 15.9 Å². The minimum absolute atomic E-state index is 0.0342. The Labute approximate surface area is 177 Å². The number of sulfonamides is 1. The van der Waals surface area contributed by atoms with Gasteiger partial charge in [-0.25, -0.2) is 12.8 Å². The van der Waals surface area contributed by atoms with Gasteiger partial charge >= 0.3 is 0 Å². The van der Waals surface area contributed by atoms with E-state index in [4.69, 9.17) is 0 Å². The molecule has 0 aliphatic rings. The molecular weight excluding hydrogens is 459 g/mol. The lowest BCUT2D eigenvalue weighted by Crippen LogP contribution is -2.30. The molecule has 150 valence electrons. The summed E-state index contributed by atoms with van der Waals surface area (Å²) in [6.45, 7) is 1.41. The van der Waals surface area contributed by atoms with Crippen molar-refractivity contribution in [2.45, 2.75) is 18.4 Å². The van der Waals surface area contributed by atoms with Gasteiger partial charge in [-0.3, -0.25) is 9.10 Å². The number of nitrogens with one attached hydrogen (secondary N) is 1. The number of carbonyl (C=O) groups is 1. The lowest BCUT2D eigenvalue weighted by Gasteiger charge is -2.25. The maximum atomic E-state index is 13.4. The van der Waals surface area contributed by atoms with Crippen molar-refractivity contribution in [1.82, 2.24) is 0 Å². The molecule has 1 amide bonds. The van der Waals surface area contributed by atoms with Gasteiger partial charge in [-0.1, -0.05) is 34.1 Å². The van der Waals surface area contributed by atoms with Crippen molar-refractivity contribution in [3.63, 3.8) is 0 Å². The number of nitrogens with zero attached hydrogens (tertiary/aromatic N) is 1. The molecule has 3 rings (SSSR count). The van der Waals surface area contributed by atoms with Crippen LogP contribution in [0.4, 0.5) is 15.8 Å². The van der Waals surface area contributed by atoms with Crippen molar-refractivity contribution in [3.05, 3.63) is 88.6 Å². The van der Waals surface area contributed by atoms with Crippen LogP contribution in [0.5, 0.6) is 0 Å². The van der Waals surface area contributed by atoms with Crippen molar-refractivity contribution >= 4 is 43.2 Å². The second-order valence-corrected chi connectivity index (χ2v) is 9.10. The number of benzene rings is 3. The van der Waals surface area contributed by atoms with Gasteiger partial charge in [0.05, 0.1) is 17.1 Å². The average Bonchev–Trinajstić information content (AvgIpc) is 2.67. The van der Waals surface area contributed by atoms with Crippen molar-refractivity contribution in [2.24, 2.45) is 0 Å². The van der Waals surface area contributed by atoms with Crippen molar-refractivity contribution in [3.8, 4) is 0 Å². The number of rotatable bonds is 6. The van der Waals surface area contributed by atoms with Crippen molar-refractivity contribution in [2.75, 3.05) is 9.62 Å². The lowest BCUT2D eigenvalue weighted by atomic mass is 10.2. The summed E-state index contributed by atoms with van der Waals surface area (Å²) in [7, 11) is -3.92. The first-order valence-corrected chi connectivity index (χ1v) is 10.9. The third-order valence-electron chi connectivity index (χ3n) is 4.10. The van der Waals surface area contributed by atoms with Crippen LogP contribution in [0.15, 0.2) is 82.2 Å². The number of hydrogen-bond acceptors (Lipinski definition) is 3. The zero-order valence-corrected chi connectivity index (χ0v) is 17.9. The Morgan fingerprint density at radius 3 is 2.28 bits per heavy atom. The molecule has 0 aromatic heterocycles. The Kier molecular flexibility index (Phi) is 6.34. The maximum absolute atomic E-state index is 13.4. The molecule has 5 nitrogen and oxygen atoms in total. The van der Waals surface area contributed by atoms with E-state index in [1.807, 2.05) is 0 Å². The first kappa shape index (κ1) is 21.0. The van der Waals surface area contributed by atoms with E-state index in [9.17, 15) is 17.6 Å². The number of carbonyl (C=O) groups excluding carboxylic acids is 1. The molecule has 1 N–H and O–H groups in total. The number of anilines is 2. The summed E-state index contributed by atoms with van der Waals surface area (Å²) in [4.78, 5) is 11.3. The molecule has 0 unspecified atom stereocenters. The van der Waals surface area contributed by atoms with Crippen LogP contribution in [0.2, 0.25) is 0 Å². The fraction of sp³-hybridized carbons (Fsp3) is 0.0952. The normalized spacial score (nSPS) is 11.1. The first-order valence-electron chi connectivity index (χ1n) is 8.66. The van der Waals surface area contributed by atoms with Crippen LogP contribution in [-0.2, 0) is 21.4 Å². The van der Waals surface area contributed by atoms with Gasteiger partial charge in [-0.2, -0.15) is 0 Å². The monoisotopic (exact) mass is 476 g/mol. The predicted octanol–water partition coefficient (Wildman–Crippen LogP) is 4.94. The number of hydrogen-bond donors (Lipinski definition) is 1. The van der Waals surface area contributed by atoms with Crippen LogP contribution in [0.25, 0.3) is 0 Å².